The average molecular weight is 358 g/mol. The summed E-state index contributed by atoms with van der Waals surface area (Å²) in [7, 11) is 0. The molecule has 142 valence electrons. The molecule has 0 unspecified atom stereocenters. The number of aromatic nitrogens is 2. The Morgan fingerprint density at radius 3 is 2.58 bits per heavy atom. The van der Waals surface area contributed by atoms with Gasteiger partial charge in [-0.2, -0.15) is 4.98 Å². The minimum atomic E-state index is -0.342. The molecule has 0 atom stereocenters. The summed E-state index contributed by atoms with van der Waals surface area (Å²) in [5.74, 6) is 1.40. The van der Waals surface area contributed by atoms with Crippen molar-refractivity contribution < 1.29 is 9.32 Å². The standard InChI is InChI=1S/C20H30N4O2/c1-5-24(15-13-21-19(25)20(2,3)4)14-9-12-17-22-18(23-26-17)16-10-7-6-8-11-16/h6-8,10-11H,5,9,12-15H2,1-4H3,(H,21,25). The lowest BCUT2D eigenvalue weighted by Crippen LogP contribution is -2.40. The van der Waals surface area contributed by atoms with Gasteiger partial charge in [-0.05, 0) is 19.5 Å². The van der Waals surface area contributed by atoms with Crippen LogP contribution in [0, 0.1) is 5.41 Å². The van der Waals surface area contributed by atoms with Gasteiger partial charge < -0.3 is 14.7 Å². The van der Waals surface area contributed by atoms with E-state index in [1.165, 1.54) is 0 Å². The number of likely N-dealkylation sites (N-methyl/N-ethyl adjacent to an activating group) is 1. The maximum Gasteiger partial charge on any atom is 0.227 e. The molecule has 1 aromatic carbocycles. The van der Waals surface area contributed by atoms with Gasteiger partial charge in [-0.15, -0.1) is 0 Å². The topological polar surface area (TPSA) is 71.3 Å². The molecule has 1 N–H and O–H groups in total. The molecule has 0 saturated heterocycles. The summed E-state index contributed by atoms with van der Waals surface area (Å²) in [5.41, 5.74) is 0.623. The van der Waals surface area contributed by atoms with Crippen LogP contribution in [-0.2, 0) is 11.2 Å². The molecule has 0 saturated carbocycles. The highest BCUT2D eigenvalue weighted by molar-refractivity contribution is 5.81. The van der Waals surface area contributed by atoms with Crippen molar-refractivity contribution in [2.75, 3.05) is 26.2 Å². The molecule has 0 spiro atoms. The van der Waals surface area contributed by atoms with E-state index in [1.807, 2.05) is 51.1 Å². The lowest BCUT2D eigenvalue weighted by Gasteiger charge is -2.22. The number of benzene rings is 1. The molecule has 0 fully saturated rings. The molecule has 2 aromatic rings. The second-order valence-electron chi connectivity index (χ2n) is 7.42. The van der Waals surface area contributed by atoms with Crippen molar-refractivity contribution in [3.8, 4) is 11.4 Å². The molecule has 0 radical (unpaired) electrons. The molecule has 1 amide bonds. The summed E-state index contributed by atoms with van der Waals surface area (Å²) in [6.45, 7) is 11.3. The third-order valence-corrected chi connectivity index (χ3v) is 4.21. The normalized spacial score (nSPS) is 11.7. The van der Waals surface area contributed by atoms with Crippen LogP contribution < -0.4 is 5.32 Å². The molecule has 6 nitrogen and oxygen atoms in total. The number of carbonyl (C=O) groups is 1. The Kier molecular flexibility index (Phi) is 7.33. The average Bonchev–Trinajstić information content (AvgIpc) is 3.09. The fourth-order valence-electron chi connectivity index (χ4n) is 2.54. The molecule has 1 aromatic heterocycles. The Morgan fingerprint density at radius 1 is 1.19 bits per heavy atom. The first-order valence-electron chi connectivity index (χ1n) is 9.29. The quantitative estimate of drug-likeness (QED) is 0.745. The molecule has 1 heterocycles. The lowest BCUT2D eigenvalue weighted by molar-refractivity contribution is -0.128. The van der Waals surface area contributed by atoms with Gasteiger partial charge in [0.1, 0.15) is 0 Å². The number of hydrogen-bond donors (Lipinski definition) is 1. The molecule has 6 heteroatoms. The zero-order chi connectivity index (χ0) is 19.0. The summed E-state index contributed by atoms with van der Waals surface area (Å²) in [6.07, 6.45) is 1.70. The first kappa shape index (κ1) is 20.1. The molecule has 0 aliphatic rings. The van der Waals surface area contributed by atoms with Crippen molar-refractivity contribution in [1.82, 2.24) is 20.4 Å². The Labute approximate surface area is 156 Å². The predicted molar refractivity (Wildman–Crippen MR) is 103 cm³/mol. The summed E-state index contributed by atoms with van der Waals surface area (Å²) < 4.78 is 5.35. The SMILES string of the molecule is CCN(CCCc1nc(-c2ccccc2)no1)CCNC(=O)C(C)(C)C. The van der Waals surface area contributed by atoms with Gasteiger partial charge in [0, 0.05) is 30.5 Å². The third kappa shape index (κ3) is 6.26. The first-order valence-corrected chi connectivity index (χ1v) is 9.29. The van der Waals surface area contributed by atoms with Gasteiger partial charge in [-0.25, -0.2) is 0 Å². The molecular formula is C20H30N4O2. The van der Waals surface area contributed by atoms with E-state index in [4.69, 9.17) is 4.52 Å². The zero-order valence-corrected chi connectivity index (χ0v) is 16.3. The van der Waals surface area contributed by atoms with Crippen LogP contribution in [0.4, 0.5) is 0 Å². The molecule has 2 rings (SSSR count). The fraction of sp³-hybridized carbons (Fsp3) is 0.550. The zero-order valence-electron chi connectivity index (χ0n) is 16.3. The molecule has 0 aliphatic carbocycles. The maximum atomic E-state index is 11.9. The largest absolute Gasteiger partial charge is 0.354 e. The predicted octanol–water partition coefficient (Wildman–Crippen LogP) is 3.15. The molecule has 0 bridgehead atoms. The van der Waals surface area contributed by atoms with E-state index in [-0.39, 0.29) is 11.3 Å². The third-order valence-electron chi connectivity index (χ3n) is 4.21. The monoisotopic (exact) mass is 358 g/mol. The van der Waals surface area contributed by atoms with E-state index < -0.39 is 0 Å². The second kappa shape index (κ2) is 9.48. The fourth-order valence-corrected chi connectivity index (χ4v) is 2.54. The van der Waals surface area contributed by atoms with Crippen LogP contribution in [0.2, 0.25) is 0 Å². The Bertz CT molecular complexity index is 677. The van der Waals surface area contributed by atoms with Gasteiger partial charge in [-0.1, -0.05) is 63.2 Å². The highest BCUT2D eigenvalue weighted by atomic mass is 16.5. The smallest absolute Gasteiger partial charge is 0.227 e. The Morgan fingerprint density at radius 2 is 1.92 bits per heavy atom. The molecule has 26 heavy (non-hydrogen) atoms. The summed E-state index contributed by atoms with van der Waals surface area (Å²) in [6, 6.07) is 9.83. The number of rotatable bonds is 9. The molecular weight excluding hydrogens is 328 g/mol. The van der Waals surface area contributed by atoms with Crippen LogP contribution in [-0.4, -0.2) is 47.1 Å². The van der Waals surface area contributed by atoms with Crippen LogP contribution in [0.3, 0.4) is 0 Å². The van der Waals surface area contributed by atoms with E-state index in [1.54, 1.807) is 0 Å². The Hall–Kier alpha value is -2.21. The summed E-state index contributed by atoms with van der Waals surface area (Å²) in [4.78, 5) is 18.7. The van der Waals surface area contributed by atoms with E-state index in [9.17, 15) is 4.79 Å². The van der Waals surface area contributed by atoms with Gasteiger partial charge in [0.25, 0.3) is 0 Å². The van der Waals surface area contributed by atoms with Crippen molar-refractivity contribution >= 4 is 5.91 Å². The van der Waals surface area contributed by atoms with Crippen molar-refractivity contribution in [2.45, 2.75) is 40.5 Å². The number of carbonyl (C=O) groups excluding carboxylic acids is 1. The van der Waals surface area contributed by atoms with Crippen molar-refractivity contribution in [3.63, 3.8) is 0 Å². The summed E-state index contributed by atoms with van der Waals surface area (Å²) in [5, 5.41) is 7.04. The Balaban J connectivity index is 1.72. The number of aryl methyl sites for hydroxylation is 1. The number of amides is 1. The van der Waals surface area contributed by atoms with Gasteiger partial charge in [0.2, 0.25) is 17.6 Å². The van der Waals surface area contributed by atoms with Crippen LogP contribution in [0.1, 0.15) is 40.0 Å². The number of hydrogen-bond acceptors (Lipinski definition) is 5. The van der Waals surface area contributed by atoms with E-state index in [0.29, 0.717) is 18.3 Å². The minimum absolute atomic E-state index is 0.0906. The van der Waals surface area contributed by atoms with Gasteiger partial charge in [-0.3, -0.25) is 4.79 Å². The highest BCUT2D eigenvalue weighted by Crippen LogP contribution is 2.15. The van der Waals surface area contributed by atoms with E-state index in [2.05, 4.69) is 27.3 Å². The van der Waals surface area contributed by atoms with Gasteiger partial charge in [0.05, 0.1) is 0 Å². The second-order valence-corrected chi connectivity index (χ2v) is 7.42. The lowest BCUT2D eigenvalue weighted by atomic mass is 9.96. The van der Waals surface area contributed by atoms with Crippen molar-refractivity contribution in [1.29, 1.82) is 0 Å². The number of nitrogens with one attached hydrogen (secondary N) is 1. The van der Waals surface area contributed by atoms with Gasteiger partial charge in [0.15, 0.2) is 0 Å². The van der Waals surface area contributed by atoms with Crippen molar-refractivity contribution in [3.05, 3.63) is 36.2 Å². The van der Waals surface area contributed by atoms with Gasteiger partial charge >= 0.3 is 0 Å². The van der Waals surface area contributed by atoms with Crippen LogP contribution in [0.5, 0.6) is 0 Å². The highest BCUT2D eigenvalue weighted by Gasteiger charge is 2.20. The summed E-state index contributed by atoms with van der Waals surface area (Å²) >= 11 is 0. The van der Waals surface area contributed by atoms with Crippen LogP contribution in [0.25, 0.3) is 11.4 Å². The van der Waals surface area contributed by atoms with Crippen molar-refractivity contribution in [2.24, 2.45) is 5.41 Å². The first-order chi connectivity index (χ1) is 12.4. The van der Waals surface area contributed by atoms with E-state index >= 15 is 0 Å². The minimum Gasteiger partial charge on any atom is -0.354 e. The van der Waals surface area contributed by atoms with E-state index in [0.717, 1.165) is 38.0 Å². The van der Waals surface area contributed by atoms with Crippen LogP contribution >= 0.6 is 0 Å². The van der Waals surface area contributed by atoms with Crippen LogP contribution in [0.15, 0.2) is 34.9 Å². The maximum absolute atomic E-state index is 11.9. The molecule has 0 aliphatic heterocycles. The number of nitrogens with zero attached hydrogens (tertiary/aromatic N) is 3.